The molecule has 0 aliphatic rings. The maximum Gasteiger partial charge on any atom is 0.631 e. The van der Waals surface area contributed by atoms with Crippen LogP contribution in [0.25, 0.3) is 0 Å². The second-order valence-corrected chi connectivity index (χ2v) is 12.9. The van der Waals surface area contributed by atoms with Gasteiger partial charge in [0, 0.05) is 0 Å². The smallest absolute Gasteiger partial charge is 0.473 e. The fraction of sp³-hybridized carbons (Fsp3) is 0.913. The number of nitrogens with zero attached hydrogens (tertiary/aromatic N) is 7. The molecule has 7 N–H and O–H groups in total. The first kappa shape index (κ1) is 85.8. The first-order valence-electron chi connectivity index (χ1n) is 24.5. The van der Waals surface area contributed by atoms with Crippen LogP contribution in [0.5, 0.6) is 0 Å². The van der Waals surface area contributed by atoms with Gasteiger partial charge in [-0.05, 0) is 137 Å². The number of hydrogen-bond acceptors (Lipinski definition) is 14. The van der Waals surface area contributed by atoms with E-state index in [1.165, 1.54) is 137 Å². The van der Waals surface area contributed by atoms with Crippen LogP contribution in [-0.2, 0) is 19.2 Å². The molecule has 0 spiro atoms. The van der Waals surface area contributed by atoms with Crippen molar-refractivity contribution in [3.05, 3.63) is 0 Å². The van der Waals surface area contributed by atoms with Gasteiger partial charge in [-0.1, -0.05) is 145 Å². The predicted octanol–water partition coefficient (Wildman–Crippen LogP) is 5.70. The zero-order valence-corrected chi connectivity index (χ0v) is 46.3. The topological polar surface area (TPSA) is 233 Å². The summed E-state index contributed by atoms with van der Waals surface area (Å²) in [6.45, 7) is 70.9. The SMILES string of the molecule is CCN(CC)CC.CCN(CC)CC.CCN(CC)CC.CCN(CC)CC.CCN(CC)CC.CCN(CC)CC.CCN(CC)CC.O=C(O)C(=O)O.O=C(O)C(=O)O.OB(O)O. The molecule has 0 fully saturated rings. The van der Waals surface area contributed by atoms with Gasteiger partial charge < -0.3 is 69.8 Å². The third-order valence-electron chi connectivity index (χ3n) is 9.76. The van der Waals surface area contributed by atoms with Gasteiger partial charge in [0.05, 0.1) is 0 Å². The fourth-order valence-corrected chi connectivity index (χ4v) is 4.70. The first-order valence-corrected chi connectivity index (χ1v) is 24.5. The molecule has 65 heavy (non-hydrogen) atoms. The van der Waals surface area contributed by atoms with Crippen molar-refractivity contribution in [3.8, 4) is 0 Å². The average Bonchev–Trinajstić information content (AvgIpc) is 3.29. The van der Waals surface area contributed by atoms with E-state index in [9.17, 15) is 0 Å². The van der Waals surface area contributed by atoms with Gasteiger partial charge in [0.2, 0.25) is 0 Å². The van der Waals surface area contributed by atoms with Crippen LogP contribution in [0.1, 0.15) is 145 Å². The Labute approximate surface area is 402 Å². The Balaban J connectivity index is -0.0000000648. The van der Waals surface area contributed by atoms with Gasteiger partial charge in [0.15, 0.2) is 0 Å². The largest absolute Gasteiger partial charge is 0.631 e. The van der Waals surface area contributed by atoms with Crippen molar-refractivity contribution in [2.45, 2.75) is 145 Å². The normalized spacial score (nSPS) is 9.52. The van der Waals surface area contributed by atoms with Gasteiger partial charge in [0.25, 0.3) is 0 Å². The van der Waals surface area contributed by atoms with Crippen LogP contribution in [0.2, 0.25) is 0 Å². The van der Waals surface area contributed by atoms with Gasteiger partial charge >= 0.3 is 31.2 Å². The monoisotopic (exact) mass is 950 g/mol. The van der Waals surface area contributed by atoms with Crippen molar-refractivity contribution in [1.29, 1.82) is 0 Å². The van der Waals surface area contributed by atoms with E-state index >= 15 is 0 Å². The van der Waals surface area contributed by atoms with E-state index < -0.39 is 31.2 Å². The minimum absolute atomic E-state index is 1.19. The minimum Gasteiger partial charge on any atom is -0.473 e. The zero-order chi connectivity index (χ0) is 53.8. The molecule has 0 aliphatic heterocycles. The molecule has 0 atom stereocenters. The van der Waals surface area contributed by atoms with E-state index in [1.54, 1.807) is 0 Å². The zero-order valence-electron chi connectivity index (χ0n) is 46.3. The molecule has 0 rings (SSSR count). The molecule has 0 saturated heterocycles. The van der Waals surface area contributed by atoms with Crippen LogP contribution in [0.3, 0.4) is 0 Å². The summed E-state index contributed by atoms with van der Waals surface area (Å²) >= 11 is 0. The molecule has 0 radical (unpaired) electrons. The molecule has 18 nitrogen and oxygen atoms in total. The van der Waals surface area contributed by atoms with E-state index in [-0.39, 0.29) is 0 Å². The highest BCUT2D eigenvalue weighted by Gasteiger charge is 2.04. The molecule has 0 unspecified atom stereocenters. The molecule has 0 heterocycles. The van der Waals surface area contributed by atoms with Crippen LogP contribution < -0.4 is 0 Å². The fourth-order valence-electron chi connectivity index (χ4n) is 4.70. The Hall–Kier alpha value is -2.46. The summed E-state index contributed by atoms with van der Waals surface area (Å²) in [5.41, 5.74) is 0. The lowest BCUT2D eigenvalue weighted by Gasteiger charge is -2.13. The van der Waals surface area contributed by atoms with Gasteiger partial charge in [-0.25, -0.2) is 19.2 Å². The van der Waals surface area contributed by atoms with Crippen molar-refractivity contribution in [2.75, 3.05) is 137 Å². The first-order chi connectivity index (χ1) is 30.4. The molecule has 0 aliphatic carbocycles. The Morgan fingerprint density at radius 1 is 0.231 bits per heavy atom. The Morgan fingerprint density at radius 2 is 0.277 bits per heavy atom. The summed E-state index contributed by atoms with van der Waals surface area (Å²) in [5, 5.41) is 51.1. The van der Waals surface area contributed by atoms with Gasteiger partial charge in [-0.3, -0.25) is 0 Å². The average molecular weight is 950 g/mol. The molecule has 0 saturated carbocycles. The lowest BCUT2D eigenvalue weighted by Crippen LogP contribution is -2.21. The highest BCUT2D eigenvalue weighted by atomic mass is 16.5. The molecular formula is C46H112BN7O11. The predicted molar refractivity (Wildman–Crippen MR) is 277 cm³/mol. The summed E-state index contributed by atoms with van der Waals surface area (Å²) in [6, 6.07) is 0. The van der Waals surface area contributed by atoms with Crippen LogP contribution in [0.15, 0.2) is 0 Å². The second kappa shape index (κ2) is 75.8. The van der Waals surface area contributed by atoms with Crippen molar-refractivity contribution in [3.63, 3.8) is 0 Å². The van der Waals surface area contributed by atoms with Gasteiger partial charge in [0.1, 0.15) is 0 Å². The van der Waals surface area contributed by atoms with Crippen molar-refractivity contribution in [1.82, 2.24) is 34.3 Å². The van der Waals surface area contributed by atoms with E-state index in [4.69, 9.17) is 54.7 Å². The lowest BCUT2D eigenvalue weighted by molar-refractivity contribution is -0.159. The number of carboxylic acids is 4. The summed E-state index contributed by atoms with van der Waals surface area (Å²) in [7, 11) is -2.17. The van der Waals surface area contributed by atoms with Crippen LogP contribution >= 0.6 is 0 Å². The highest BCUT2D eigenvalue weighted by Crippen LogP contribution is 1.85. The molecule has 19 heteroatoms. The van der Waals surface area contributed by atoms with Crippen molar-refractivity contribution in [2.24, 2.45) is 0 Å². The highest BCUT2D eigenvalue weighted by molar-refractivity contribution is 6.30. The van der Waals surface area contributed by atoms with E-state index in [1.807, 2.05) is 0 Å². The van der Waals surface area contributed by atoms with Crippen molar-refractivity contribution < 1.29 is 54.7 Å². The van der Waals surface area contributed by atoms with Crippen LogP contribution in [0.4, 0.5) is 0 Å². The van der Waals surface area contributed by atoms with E-state index in [0.717, 1.165) is 0 Å². The molecule has 0 aromatic carbocycles. The third-order valence-corrected chi connectivity index (χ3v) is 9.76. The Bertz CT molecular complexity index is 669. The second-order valence-electron chi connectivity index (χ2n) is 12.9. The molecule has 0 aromatic heterocycles. The Kier molecular flexibility index (Phi) is 100. The number of carbonyl (C=O) groups is 4. The van der Waals surface area contributed by atoms with Crippen LogP contribution in [-0.4, -0.2) is 238 Å². The molecule has 400 valence electrons. The molecule has 0 aromatic rings. The molecule has 0 amide bonds. The van der Waals surface area contributed by atoms with Gasteiger partial charge in [-0.15, -0.1) is 0 Å². The maximum atomic E-state index is 9.10. The van der Waals surface area contributed by atoms with E-state index in [0.29, 0.717) is 0 Å². The minimum atomic E-state index is -2.17. The summed E-state index contributed by atoms with van der Waals surface area (Å²) in [6.07, 6.45) is 0. The summed E-state index contributed by atoms with van der Waals surface area (Å²) in [5.74, 6) is -7.30. The quantitative estimate of drug-likeness (QED) is 0.0541. The molecule has 0 bridgehead atoms. The van der Waals surface area contributed by atoms with Crippen LogP contribution in [0, 0.1) is 0 Å². The number of aliphatic carboxylic acids is 4. The third kappa shape index (κ3) is 96.5. The maximum absolute atomic E-state index is 9.10. The Morgan fingerprint density at radius 3 is 0.277 bits per heavy atom. The van der Waals surface area contributed by atoms with Gasteiger partial charge in [-0.2, -0.15) is 0 Å². The van der Waals surface area contributed by atoms with Crippen molar-refractivity contribution >= 4 is 31.2 Å². The number of hydrogen-bond donors (Lipinski definition) is 7. The number of rotatable bonds is 21. The lowest BCUT2D eigenvalue weighted by atomic mass is 10.3. The molecular weight excluding hydrogens is 837 g/mol. The number of carboxylic acid groups (broad SMARTS) is 4. The summed E-state index contributed by atoms with van der Waals surface area (Å²) in [4.78, 5) is 53.0. The van der Waals surface area contributed by atoms with E-state index in [2.05, 4.69) is 180 Å². The standard InChI is InChI=1S/7C6H15N.2C2H2O4.BH3O3/c7*1-4-7(5-2)6-3;2*3-1(4)2(5)6;2-1(3)4/h7*4-6H2,1-3H3;2*(H,3,4)(H,5,6);2-4H. The summed E-state index contributed by atoms with van der Waals surface area (Å²) < 4.78 is 0.